The first-order chi connectivity index (χ1) is 11.0. The maximum atomic E-state index is 11.9. The van der Waals surface area contributed by atoms with Gasteiger partial charge >= 0.3 is 11.8 Å². The van der Waals surface area contributed by atoms with Gasteiger partial charge in [0.2, 0.25) is 0 Å². The van der Waals surface area contributed by atoms with E-state index >= 15 is 0 Å². The van der Waals surface area contributed by atoms with Crippen LogP contribution in [0.1, 0.15) is 16.7 Å². The Morgan fingerprint density at radius 1 is 1.09 bits per heavy atom. The van der Waals surface area contributed by atoms with Crippen LogP contribution in [0.3, 0.4) is 0 Å². The molecule has 0 atom stereocenters. The highest BCUT2D eigenvalue weighted by Gasteiger charge is 2.13. The molecular formula is C17H16IN3O2. The summed E-state index contributed by atoms with van der Waals surface area (Å²) < 4.78 is 1.00. The minimum absolute atomic E-state index is 0.609. The molecule has 2 aromatic carbocycles. The van der Waals surface area contributed by atoms with Crippen LogP contribution in [0.25, 0.3) is 0 Å². The molecule has 0 unspecified atom stereocenters. The number of nitrogens with zero attached hydrogens (tertiary/aromatic N) is 1. The predicted molar refractivity (Wildman–Crippen MR) is 99.4 cm³/mol. The van der Waals surface area contributed by atoms with E-state index in [9.17, 15) is 9.59 Å². The van der Waals surface area contributed by atoms with Crippen LogP contribution in [-0.2, 0) is 9.59 Å². The van der Waals surface area contributed by atoms with Crippen LogP contribution < -0.4 is 10.7 Å². The number of halogens is 1. The molecular weight excluding hydrogens is 405 g/mol. The minimum atomic E-state index is -0.813. The highest BCUT2D eigenvalue weighted by Crippen LogP contribution is 2.15. The molecule has 0 aliphatic heterocycles. The second-order valence-electron chi connectivity index (χ2n) is 4.99. The van der Waals surface area contributed by atoms with Crippen molar-refractivity contribution in [2.75, 3.05) is 5.32 Å². The molecule has 23 heavy (non-hydrogen) atoms. The molecule has 2 aromatic rings. The Hall–Kier alpha value is -2.22. The standard InChI is InChI=1S/C17H16IN3O2/c1-11-7-8-15(12(2)9-11)20-16(22)17(23)21-19-10-13-5-3-4-6-14(13)18/h3-10H,1-2H3,(H,20,22)(H,21,23). The van der Waals surface area contributed by atoms with E-state index in [-0.39, 0.29) is 0 Å². The Kier molecular flexibility index (Phi) is 5.86. The van der Waals surface area contributed by atoms with Crippen molar-refractivity contribution in [1.82, 2.24) is 5.43 Å². The van der Waals surface area contributed by atoms with Crippen LogP contribution in [0.15, 0.2) is 47.6 Å². The van der Waals surface area contributed by atoms with Crippen LogP contribution in [0.2, 0.25) is 0 Å². The molecule has 2 amide bonds. The summed E-state index contributed by atoms with van der Waals surface area (Å²) in [5.41, 5.74) is 5.68. The normalized spacial score (nSPS) is 10.6. The van der Waals surface area contributed by atoms with Gasteiger partial charge in [0.05, 0.1) is 6.21 Å². The van der Waals surface area contributed by atoms with Crippen LogP contribution in [-0.4, -0.2) is 18.0 Å². The summed E-state index contributed by atoms with van der Waals surface area (Å²) in [4.78, 5) is 23.6. The van der Waals surface area contributed by atoms with Crippen LogP contribution in [0.4, 0.5) is 5.69 Å². The van der Waals surface area contributed by atoms with Gasteiger partial charge in [-0.15, -0.1) is 0 Å². The monoisotopic (exact) mass is 421 g/mol. The third kappa shape index (κ3) is 4.88. The zero-order valence-electron chi connectivity index (χ0n) is 12.8. The van der Waals surface area contributed by atoms with Gasteiger partial charge in [-0.1, -0.05) is 35.9 Å². The molecule has 0 heterocycles. The second kappa shape index (κ2) is 7.87. The zero-order valence-corrected chi connectivity index (χ0v) is 14.9. The summed E-state index contributed by atoms with van der Waals surface area (Å²) in [6, 6.07) is 13.2. The highest BCUT2D eigenvalue weighted by molar-refractivity contribution is 14.1. The molecule has 0 spiro atoms. The summed E-state index contributed by atoms with van der Waals surface area (Å²) in [7, 11) is 0. The quantitative estimate of drug-likeness (QED) is 0.346. The molecule has 0 saturated carbocycles. The first kappa shape index (κ1) is 17.1. The van der Waals surface area contributed by atoms with Crippen molar-refractivity contribution in [2.24, 2.45) is 5.10 Å². The van der Waals surface area contributed by atoms with Gasteiger partial charge in [0.25, 0.3) is 0 Å². The molecule has 2 rings (SSSR count). The first-order valence-electron chi connectivity index (χ1n) is 6.93. The van der Waals surface area contributed by atoms with Gasteiger partial charge in [0.15, 0.2) is 0 Å². The van der Waals surface area contributed by atoms with E-state index in [0.717, 1.165) is 20.3 Å². The number of hydrogen-bond acceptors (Lipinski definition) is 3. The average molecular weight is 421 g/mol. The maximum Gasteiger partial charge on any atom is 0.329 e. The molecule has 0 aromatic heterocycles. The lowest BCUT2D eigenvalue weighted by atomic mass is 10.1. The van der Waals surface area contributed by atoms with Crippen molar-refractivity contribution in [3.05, 3.63) is 62.7 Å². The van der Waals surface area contributed by atoms with Crippen molar-refractivity contribution >= 4 is 46.3 Å². The highest BCUT2D eigenvalue weighted by atomic mass is 127. The van der Waals surface area contributed by atoms with E-state index in [4.69, 9.17) is 0 Å². The molecule has 5 nitrogen and oxygen atoms in total. The number of amides is 2. The zero-order chi connectivity index (χ0) is 16.8. The van der Waals surface area contributed by atoms with E-state index in [1.807, 2.05) is 50.2 Å². The van der Waals surface area contributed by atoms with Crippen LogP contribution in [0, 0.1) is 17.4 Å². The summed E-state index contributed by atoms with van der Waals surface area (Å²) in [6.45, 7) is 3.83. The van der Waals surface area contributed by atoms with Crippen molar-refractivity contribution in [3.8, 4) is 0 Å². The number of rotatable bonds is 3. The molecule has 0 aliphatic carbocycles. The summed E-state index contributed by atoms with van der Waals surface area (Å²) >= 11 is 2.17. The first-order valence-corrected chi connectivity index (χ1v) is 8.01. The number of carbonyl (C=O) groups is 2. The van der Waals surface area contributed by atoms with Crippen LogP contribution >= 0.6 is 22.6 Å². The van der Waals surface area contributed by atoms with Gasteiger partial charge in [-0.3, -0.25) is 9.59 Å². The lowest BCUT2D eigenvalue weighted by molar-refractivity contribution is -0.136. The minimum Gasteiger partial charge on any atom is -0.317 e. The summed E-state index contributed by atoms with van der Waals surface area (Å²) in [6.07, 6.45) is 1.50. The Bertz CT molecular complexity index is 772. The molecule has 6 heteroatoms. The SMILES string of the molecule is Cc1ccc(NC(=O)C(=O)NN=Cc2ccccc2I)c(C)c1. The lowest BCUT2D eigenvalue weighted by Gasteiger charge is -2.08. The number of hydrogen-bond donors (Lipinski definition) is 2. The molecule has 0 radical (unpaired) electrons. The summed E-state index contributed by atoms with van der Waals surface area (Å²) in [5.74, 6) is -1.57. The van der Waals surface area contributed by atoms with Crippen molar-refractivity contribution in [1.29, 1.82) is 0 Å². The fourth-order valence-electron chi connectivity index (χ4n) is 1.92. The van der Waals surface area contributed by atoms with Gasteiger partial charge in [-0.05, 0) is 54.1 Å². The number of benzene rings is 2. The average Bonchev–Trinajstić information content (AvgIpc) is 2.51. The van der Waals surface area contributed by atoms with E-state index in [2.05, 4.69) is 38.4 Å². The Labute approximate surface area is 148 Å². The molecule has 0 bridgehead atoms. The number of carbonyl (C=O) groups excluding carboxylic acids is 2. The molecule has 0 aliphatic rings. The predicted octanol–water partition coefficient (Wildman–Crippen LogP) is 3.00. The third-order valence-electron chi connectivity index (χ3n) is 3.11. The van der Waals surface area contributed by atoms with Gasteiger partial charge in [0, 0.05) is 14.8 Å². The largest absolute Gasteiger partial charge is 0.329 e. The third-order valence-corrected chi connectivity index (χ3v) is 4.09. The Morgan fingerprint density at radius 3 is 2.52 bits per heavy atom. The second-order valence-corrected chi connectivity index (χ2v) is 6.16. The number of aryl methyl sites for hydroxylation is 2. The van der Waals surface area contributed by atoms with Crippen molar-refractivity contribution < 1.29 is 9.59 Å². The molecule has 118 valence electrons. The smallest absolute Gasteiger partial charge is 0.317 e. The topological polar surface area (TPSA) is 70.6 Å². The molecule has 2 N–H and O–H groups in total. The van der Waals surface area contributed by atoms with E-state index < -0.39 is 11.8 Å². The van der Waals surface area contributed by atoms with Crippen molar-refractivity contribution in [3.63, 3.8) is 0 Å². The lowest BCUT2D eigenvalue weighted by Crippen LogP contribution is -2.32. The van der Waals surface area contributed by atoms with E-state index in [1.165, 1.54) is 6.21 Å². The van der Waals surface area contributed by atoms with E-state index in [1.54, 1.807) is 6.07 Å². The Morgan fingerprint density at radius 2 is 1.83 bits per heavy atom. The van der Waals surface area contributed by atoms with Gasteiger partial charge in [-0.2, -0.15) is 5.10 Å². The number of anilines is 1. The fourth-order valence-corrected chi connectivity index (χ4v) is 2.45. The Balaban J connectivity index is 1.95. The van der Waals surface area contributed by atoms with Gasteiger partial charge in [-0.25, -0.2) is 5.43 Å². The van der Waals surface area contributed by atoms with Gasteiger partial charge in [0.1, 0.15) is 0 Å². The van der Waals surface area contributed by atoms with E-state index in [0.29, 0.717) is 5.69 Å². The summed E-state index contributed by atoms with van der Waals surface area (Å²) in [5, 5.41) is 6.38. The molecule has 0 fully saturated rings. The fraction of sp³-hybridized carbons (Fsp3) is 0.118. The number of hydrazone groups is 1. The molecule has 0 saturated heterocycles. The maximum absolute atomic E-state index is 11.9. The van der Waals surface area contributed by atoms with Crippen molar-refractivity contribution in [2.45, 2.75) is 13.8 Å². The number of nitrogens with one attached hydrogen (secondary N) is 2. The van der Waals surface area contributed by atoms with Gasteiger partial charge < -0.3 is 5.32 Å². The van der Waals surface area contributed by atoms with Crippen LogP contribution in [0.5, 0.6) is 0 Å².